The number of Topliss-reactive ketones (excluding diaryl/α,β-unsaturated/α-hetero) is 1. The predicted molar refractivity (Wildman–Crippen MR) is 115 cm³/mol. The van der Waals surface area contributed by atoms with Gasteiger partial charge in [0.25, 0.3) is 0 Å². The third kappa shape index (κ3) is 4.19. The van der Waals surface area contributed by atoms with Gasteiger partial charge in [0.2, 0.25) is 0 Å². The Kier molecular flexibility index (Phi) is 5.94. The second-order valence-corrected chi connectivity index (χ2v) is 8.27. The van der Waals surface area contributed by atoms with Gasteiger partial charge in [-0.2, -0.15) is 5.26 Å². The SMILES string of the molecule is N#Cc1c(SCC(=O)c2ccc(Cl)cc2)nc2c(c1-c1ccncc1)CCCC2. The molecule has 1 aliphatic carbocycles. The Balaban J connectivity index is 1.71. The second kappa shape index (κ2) is 8.77. The highest BCUT2D eigenvalue weighted by Gasteiger charge is 2.23. The summed E-state index contributed by atoms with van der Waals surface area (Å²) in [6.45, 7) is 0. The van der Waals surface area contributed by atoms with Gasteiger partial charge in [0.15, 0.2) is 5.78 Å². The number of benzene rings is 1. The molecular formula is C23H18ClN3OS. The van der Waals surface area contributed by atoms with Gasteiger partial charge < -0.3 is 0 Å². The van der Waals surface area contributed by atoms with E-state index in [0.29, 0.717) is 21.2 Å². The molecule has 4 rings (SSSR count). The molecule has 0 saturated carbocycles. The van der Waals surface area contributed by atoms with E-state index in [2.05, 4.69) is 11.1 Å². The van der Waals surface area contributed by atoms with Crippen LogP contribution >= 0.6 is 23.4 Å². The lowest BCUT2D eigenvalue weighted by Crippen LogP contribution is -2.11. The molecule has 0 amide bonds. The van der Waals surface area contributed by atoms with E-state index in [4.69, 9.17) is 16.6 Å². The van der Waals surface area contributed by atoms with Crippen molar-refractivity contribution < 1.29 is 4.79 Å². The van der Waals surface area contributed by atoms with E-state index in [1.807, 2.05) is 12.1 Å². The number of carbonyl (C=O) groups excluding carboxylic acids is 1. The highest BCUT2D eigenvalue weighted by atomic mass is 35.5. The van der Waals surface area contributed by atoms with Crippen LogP contribution in [0.5, 0.6) is 0 Å². The number of aromatic nitrogens is 2. The molecule has 29 heavy (non-hydrogen) atoms. The molecule has 0 fully saturated rings. The summed E-state index contributed by atoms with van der Waals surface area (Å²) in [4.78, 5) is 21.5. The quantitative estimate of drug-likeness (QED) is 0.402. The number of aryl methyl sites for hydroxylation is 1. The van der Waals surface area contributed by atoms with E-state index < -0.39 is 0 Å². The van der Waals surface area contributed by atoms with Gasteiger partial charge in [0.1, 0.15) is 11.1 Å². The van der Waals surface area contributed by atoms with Gasteiger partial charge in [-0.05, 0) is 73.2 Å². The van der Waals surface area contributed by atoms with E-state index in [1.165, 1.54) is 11.8 Å². The van der Waals surface area contributed by atoms with Crippen LogP contribution in [0.1, 0.15) is 40.0 Å². The minimum atomic E-state index is -0.0134. The molecular weight excluding hydrogens is 402 g/mol. The van der Waals surface area contributed by atoms with E-state index in [9.17, 15) is 10.1 Å². The lowest BCUT2D eigenvalue weighted by molar-refractivity contribution is 0.102. The summed E-state index contributed by atoms with van der Waals surface area (Å²) in [7, 11) is 0. The summed E-state index contributed by atoms with van der Waals surface area (Å²) in [5.41, 5.74) is 5.28. The number of rotatable bonds is 5. The molecule has 0 unspecified atom stereocenters. The molecule has 0 spiro atoms. The van der Waals surface area contributed by atoms with Crippen LogP contribution in [0, 0.1) is 11.3 Å². The fourth-order valence-electron chi connectivity index (χ4n) is 3.62. The molecule has 0 bridgehead atoms. The molecule has 0 radical (unpaired) electrons. The maximum absolute atomic E-state index is 12.6. The van der Waals surface area contributed by atoms with Gasteiger partial charge >= 0.3 is 0 Å². The van der Waals surface area contributed by atoms with E-state index >= 15 is 0 Å². The monoisotopic (exact) mass is 419 g/mol. The normalized spacial score (nSPS) is 12.8. The first-order chi connectivity index (χ1) is 14.2. The fourth-order valence-corrected chi connectivity index (χ4v) is 4.64. The lowest BCUT2D eigenvalue weighted by Gasteiger charge is -2.21. The Morgan fingerprint density at radius 2 is 1.83 bits per heavy atom. The van der Waals surface area contributed by atoms with Gasteiger partial charge in [0, 0.05) is 34.2 Å². The average Bonchev–Trinajstić information content (AvgIpc) is 2.77. The molecule has 0 saturated heterocycles. The fraction of sp³-hybridized carbons (Fsp3) is 0.217. The van der Waals surface area contributed by atoms with Crippen molar-refractivity contribution >= 4 is 29.1 Å². The van der Waals surface area contributed by atoms with Crippen LogP contribution in [0.3, 0.4) is 0 Å². The number of halogens is 1. The van der Waals surface area contributed by atoms with Gasteiger partial charge in [0.05, 0.1) is 11.3 Å². The van der Waals surface area contributed by atoms with Crippen LogP contribution in [0.2, 0.25) is 5.02 Å². The number of nitrogens with zero attached hydrogens (tertiary/aromatic N) is 3. The van der Waals surface area contributed by atoms with Crippen molar-refractivity contribution in [2.75, 3.05) is 5.75 Å². The van der Waals surface area contributed by atoms with Crippen molar-refractivity contribution in [2.24, 2.45) is 0 Å². The zero-order valence-corrected chi connectivity index (χ0v) is 17.3. The number of nitriles is 1. The first-order valence-corrected chi connectivity index (χ1v) is 10.8. The van der Waals surface area contributed by atoms with Crippen molar-refractivity contribution in [1.82, 2.24) is 9.97 Å². The molecule has 2 aromatic heterocycles. The maximum Gasteiger partial charge on any atom is 0.173 e. The number of hydrogen-bond donors (Lipinski definition) is 0. The van der Waals surface area contributed by atoms with Crippen LogP contribution in [-0.4, -0.2) is 21.5 Å². The summed E-state index contributed by atoms with van der Waals surface area (Å²) in [6.07, 6.45) is 7.49. The highest BCUT2D eigenvalue weighted by molar-refractivity contribution is 8.00. The van der Waals surface area contributed by atoms with E-state index in [1.54, 1.807) is 36.7 Å². The smallest absolute Gasteiger partial charge is 0.173 e. The van der Waals surface area contributed by atoms with Crippen molar-refractivity contribution in [3.8, 4) is 17.2 Å². The first kappa shape index (κ1) is 19.6. The molecule has 0 N–H and O–H groups in total. The summed E-state index contributed by atoms with van der Waals surface area (Å²) in [6, 6.07) is 13.1. The van der Waals surface area contributed by atoms with Gasteiger partial charge in [-0.15, -0.1) is 0 Å². The summed E-state index contributed by atoms with van der Waals surface area (Å²) in [5.74, 6) is 0.207. The number of pyridine rings is 2. The largest absolute Gasteiger partial charge is 0.293 e. The molecule has 1 aliphatic rings. The molecule has 3 aromatic rings. The Morgan fingerprint density at radius 1 is 1.10 bits per heavy atom. The third-order valence-corrected chi connectivity index (χ3v) is 6.26. The van der Waals surface area contributed by atoms with Gasteiger partial charge in [-0.25, -0.2) is 4.98 Å². The van der Waals surface area contributed by atoms with Gasteiger partial charge in [-0.3, -0.25) is 9.78 Å². The lowest BCUT2D eigenvalue weighted by atomic mass is 9.87. The van der Waals surface area contributed by atoms with Gasteiger partial charge in [-0.1, -0.05) is 23.4 Å². The Hall–Kier alpha value is -2.68. The van der Waals surface area contributed by atoms with Crippen molar-refractivity contribution in [2.45, 2.75) is 30.7 Å². The zero-order chi connectivity index (χ0) is 20.2. The van der Waals surface area contributed by atoms with Crippen LogP contribution in [0.25, 0.3) is 11.1 Å². The number of thioether (sulfide) groups is 1. The molecule has 6 heteroatoms. The van der Waals surface area contributed by atoms with Crippen molar-refractivity contribution in [1.29, 1.82) is 5.26 Å². The maximum atomic E-state index is 12.6. The Bertz CT molecular complexity index is 1090. The standard InChI is InChI=1S/C23H18ClN3OS/c24-17-7-5-15(6-8-17)21(28)14-29-23-19(13-25)22(16-9-11-26-12-10-16)18-3-1-2-4-20(18)27-23/h5-12H,1-4,14H2. The van der Waals surface area contributed by atoms with Crippen LogP contribution in [-0.2, 0) is 12.8 Å². The Labute approximate surface area is 179 Å². The average molecular weight is 420 g/mol. The molecule has 0 aliphatic heterocycles. The van der Waals surface area contributed by atoms with Crippen LogP contribution < -0.4 is 0 Å². The molecule has 1 aromatic carbocycles. The topological polar surface area (TPSA) is 66.6 Å². The molecule has 4 nitrogen and oxygen atoms in total. The van der Waals surface area contributed by atoms with Crippen LogP contribution in [0.15, 0.2) is 53.8 Å². The van der Waals surface area contributed by atoms with E-state index in [0.717, 1.165) is 48.1 Å². The van der Waals surface area contributed by atoms with E-state index in [-0.39, 0.29) is 11.5 Å². The summed E-state index contributed by atoms with van der Waals surface area (Å²) in [5, 5.41) is 11.2. The first-order valence-electron chi connectivity index (χ1n) is 9.45. The molecule has 0 atom stereocenters. The summed E-state index contributed by atoms with van der Waals surface area (Å²) >= 11 is 7.23. The predicted octanol–water partition coefficient (Wildman–Crippen LogP) is 5.52. The number of hydrogen-bond acceptors (Lipinski definition) is 5. The number of carbonyl (C=O) groups is 1. The minimum Gasteiger partial charge on any atom is -0.293 e. The number of ketones is 1. The van der Waals surface area contributed by atoms with Crippen molar-refractivity contribution in [3.63, 3.8) is 0 Å². The summed E-state index contributed by atoms with van der Waals surface area (Å²) < 4.78 is 0. The molecule has 144 valence electrons. The third-order valence-electron chi connectivity index (χ3n) is 5.03. The van der Waals surface area contributed by atoms with Crippen molar-refractivity contribution in [3.05, 3.63) is 76.2 Å². The zero-order valence-electron chi connectivity index (χ0n) is 15.7. The second-order valence-electron chi connectivity index (χ2n) is 6.87. The number of fused-ring (bicyclic) bond motifs is 1. The Morgan fingerprint density at radius 3 is 2.55 bits per heavy atom. The highest BCUT2D eigenvalue weighted by Crippen LogP contribution is 2.37. The molecule has 2 heterocycles. The minimum absolute atomic E-state index is 0.0134. The van der Waals surface area contributed by atoms with Crippen LogP contribution in [0.4, 0.5) is 0 Å².